The van der Waals surface area contributed by atoms with Gasteiger partial charge in [0.2, 0.25) is 5.91 Å². The molecule has 0 aromatic heterocycles. The van der Waals surface area contributed by atoms with Crippen molar-refractivity contribution in [3.05, 3.63) is 35.9 Å². The zero-order chi connectivity index (χ0) is 17.0. The average molecular weight is 306 g/mol. The van der Waals surface area contributed by atoms with Gasteiger partial charge in [0.25, 0.3) is 0 Å². The van der Waals surface area contributed by atoms with Crippen molar-refractivity contribution in [1.29, 1.82) is 0 Å². The molecule has 0 radical (unpaired) electrons. The van der Waals surface area contributed by atoms with E-state index < -0.39 is 11.6 Å². The maximum atomic E-state index is 12.5. The topological polar surface area (TPSA) is 58.6 Å². The van der Waals surface area contributed by atoms with Crippen LogP contribution in [0.15, 0.2) is 30.3 Å². The number of rotatable bonds is 4. The number of likely N-dealkylation sites (N-methyl/N-ethyl adjacent to an activating group) is 1. The molecule has 0 fully saturated rings. The third-order valence-corrected chi connectivity index (χ3v) is 3.47. The minimum Gasteiger partial charge on any atom is -0.445 e. The molecule has 1 N–H and O–H groups in total. The normalized spacial score (nSPS) is 11.7. The van der Waals surface area contributed by atoms with E-state index in [1.165, 1.54) is 0 Å². The zero-order valence-corrected chi connectivity index (χ0v) is 14.3. The highest BCUT2D eigenvalue weighted by atomic mass is 16.5. The first-order chi connectivity index (χ1) is 10.0. The molecule has 0 saturated carbocycles. The van der Waals surface area contributed by atoms with Crippen LogP contribution in [0, 0.1) is 0 Å². The van der Waals surface area contributed by atoms with Crippen molar-refractivity contribution < 1.29 is 14.3 Å². The van der Waals surface area contributed by atoms with E-state index in [1.54, 1.807) is 25.8 Å². The van der Waals surface area contributed by atoms with Crippen molar-refractivity contribution in [2.24, 2.45) is 0 Å². The molecule has 1 rings (SSSR count). The number of benzene rings is 1. The fraction of sp³-hybridized carbons (Fsp3) is 0.529. The van der Waals surface area contributed by atoms with Gasteiger partial charge in [0.05, 0.1) is 0 Å². The summed E-state index contributed by atoms with van der Waals surface area (Å²) in [6, 6.07) is 9.40. The van der Waals surface area contributed by atoms with Crippen LogP contribution in [0.4, 0.5) is 4.79 Å². The van der Waals surface area contributed by atoms with Gasteiger partial charge in [-0.1, -0.05) is 30.3 Å². The summed E-state index contributed by atoms with van der Waals surface area (Å²) in [5.74, 6) is -0.170. The van der Waals surface area contributed by atoms with Gasteiger partial charge in [0.15, 0.2) is 0 Å². The van der Waals surface area contributed by atoms with Crippen molar-refractivity contribution in [3.63, 3.8) is 0 Å². The molecular formula is C17H26N2O3. The molecule has 2 amide bonds. The molecule has 1 aromatic rings. The van der Waals surface area contributed by atoms with Crippen LogP contribution in [0.2, 0.25) is 0 Å². The van der Waals surface area contributed by atoms with E-state index in [4.69, 9.17) is 4.74 Å². The Balaban J connectivity index is 2.60. The van der Waals surface area contributed by atoms with Gasteiger partial charge >= 0.3 is 6.09 Å². The smallest absolute Gasteiger partial charge is 0.408 e. The molecule has 0 heterocycles. The lowest BCUT2D eigenvalue weighted by Crippen LogP contribution is -2.58. The van der Waals surface area contributed by atoms with Crippen LogP contribution in [0.3, 0.4) is 0 Å². The summed E-state index contributed by atoms with van der Waals surface area (Å²) in [5, 5.41) is 2.63. The van der Waals surface area contributed by atoms with Gasteiger partial charge in [0.1, 0.15) is 12.1 Å². The number of alkyl carbamates (subject to hydrolysis) is 1. The predicted octanol–water partition coefficient (Wildman–Crippen LogP) is 2.95. The molecule has 122 valence electrons. The number of hydrogen-bond acceptors (Lipinski definition) is 3. The lowest BCUT2D eigenvalue weighted by atomic mass is 9.99. The number of amides is 2. The van der Waals surface area contributed by atoms with Gasteiger partial charge in [-0.05, 0) is 40.2 Å². The minimum atomic E-state index is -1.03. The SMILES string of the molecule is CN(C(=O)C(C)(C)NC(=O)OCc1ccccc1)C(C)(C)C. The first-order valence-corrected chi connectivity index (χ1v) is 7.31. The van der Waals surface area contributed by atoms with E-state index in [0.29, 0.717) is 0 Å². The van der Waals surface area contributed by atoms with E-state index in [-0.39, 0.29) is 18.1 Å². The quantitative estimate of drug-likeness (QED) is 0.930. The number of nitrogens with zero attached hydrogens (tertiary/aromatic N) is 1. The van der Waals surface area contributed by atoms with Crippen LogP contribution < -0.4 is 5.32 Å². The molecule has 0 atom stereocenters. The van der Waals surface area contributed by atoms with E-state index in [0.717, 1.165) is 5.56 Å². The minimum absolute atomic E-state index is 0.170. The molecular weight excluding hydrogens is 280 g/mol. The van der Waals surface area contributed by atoms with Gasteiger partial charge in [-0.2, -0.15) is 0 Å². The van der Waals surface area contributed by atoms with Crippen LogP contribution in [0.5, 0.6) is 0 Å². The van der Waals surface area contributed by atoms with E-state index in [9.17, 15) is 9.59 Å². The van der Waals surface area contributed by atoms with Gasteiger partial charge < -0.3 is 15.0 Å². The second-order valence-corrected chi connectivity index (χ2v) is 6.85. The Bertz CT molecular complexity index is 518. The van der Waals surface area contributed by atoms with Crippen LogP contribution in [-0.4, -0.2) is 35.0 Å². The fourth-order valence-corrected chi connectivity index (χ4v) is 1.79. The summed E-state index contributed by atoms with van der Waals surface area (Å²) < 4.78 is 5.16. The van der Waals surface area contributed by atoms with Crippen LogP contribution in [0.1, 0.15) is 40.2 Å². The molecule has 0 spiro atoms. The van der Waals surface area contributed by atoms with E-state index >= 15 is 0 Å². The Morgan fingerprint density at radius 3 is 2.14 bits per heavy atom. The number of carbonyl (C=O) groups excluding carboxylic acids is 2. The van der Waals surface area contributed by atoms with Crippen LogP contribution in [-0.2, 0) is 16.1 Å². The summed E-state index contributed by atoms with van der Waals surface area (Å²) in [5.41, 5.74) is -0.451. The maximum Gasteiger partial charge on any atom is 0.408 e. The van der Waals surface area contributed by atoms with Crippen molar-refractivity contribution in [2.75, 3.05) is 7.05 Å². The van der Waals surface area contributed by atoms with Crippen LogP contribution in [0.25, 0.3) is 0 Å². The Morgan fingerprint density at radius 2 is 1.64 bits per heavy atom. The Labute approximate surface area is 132 Å². The Morgan fingerprint density at radius 1 is 1.09 bits per heavy atom. The summed E-state index contributed by atoms with van der Waals surface area (Å²) in [6.07, 6.45) is -0.607. The second kappa shape index (κ2) is 6.81. The van der Waals surface area contributed by atoms with Gasteiger partial charge in [0, 0.05) is 12.6 Å². The molecule has 22 heavy (non-hydrogen) atoms. The van der Waals surface area contributed by atoms with E-state index in [1.807, 2.05) is 51.1 Å². The molecule has 0 aliphatic rings. The number of ether oxygens (including phenoxy) is 1. The van der Waals surface area contributed by atoms with Gasteiger partial charge in [-0.25, -0.2) is 4.79 Å². The lowest BCUT2D eigenvalue weighted by molar-refractivity contribution is -0.139. The predicted molar refractivity (Wildman–Crippen MR) is 86.4 cm³/mol. The highest BCUT2D eigenvalue weighted by molar-refractivity contribution is 5.89. The highest BCUT2D eigenvalue weighted by Crippen LogP contribution is 2.17. The first-order valence-electron chi connectivity index (χ1n) is 7.31. The van der Waals surface area contributed by atoms with Crippen molar-refractivity contribution in [1.82, 2.24) is 10.2 Å². The maximum absolute atomic E-state index is 12.5. The van der Waals surface area contributed by atoms with Gasteiger partial charge in [-0.3, -0.25) is 4.79 Å². The Hall–Kier alpha value is -2.04. The fourth-order valence-electron chi connectivity index (χ4n) is 1.79. The third-order valence-electron chi connectivity index (χ3n) is 3.47. The first kappa shape index (κ1) is 18.0. The summed E-state index contributed by atoms with van der Waals surface area (Å²) in [4.78, 5) is 26.0. The third kappa shape index (κ3) is 5.06. The highest BCUT2D eigenvalue weighted by Gasteiger charge is 2.36. The lowest BCUT2D eigenvalue weighted by Gasteiger charge is -2.38. The number of hydrogen-bond donors (Lipinski definition) is 1. The summed E-state index contributed by atoms with van der Waals surface area (Å²) in [6.45, 7) is 9.33. The average Bonchev–Trinajstić information content (AvgIpc) is 2.43. The van der Waals surface area contributed by atoms with Gasteiger partial charge in [-0.15, -0.1) is 0 Å². The molecule has 5 nitrogen and oxygen atoms in total. The van der Waals surface area contributed by atoms with E-state index in [2.05, 4.69) is 5.32 Å². The second-order valence-electron chi connectivity index (χ2n) is 6.85. The molecule has 0 bridgehead atoms. The monoisotopic (exact) mass is 306 g/mol. The molecule has 0 saturated heterocycles. The van der Waals surface area contributed by atoms with Crippen molar-refractivity contribution in [2.45, 2.75) is 52.3 Å². The number of carbonyl (C=O) groups is 2. The number of nitrogens with one attached hydrogen (secondary N) is 1. The molecule has 0 unspecified atom stereocenters. The molecule has 0 aliphatic carbocycles. The molecule has 1 aromatic carbocycles. The van der Waals surface area contributed by atoms with Crippen molar-refractivity contribution in [3.8, 4) is 0 Å². The van der Waals surface area contributed by atoms with Crippen LogP contribution >= 0.6 is 0 Å². The summed E-state index contributed by atoms with van der Waals surface area (Å²) in [7, 11) is 1.72. The molecule has 5 heteroatoms. The largest absolute Gasteiger partial charge is 0.445 e. The van der Waals surface area contributed by atoms with Crippen molar-refractivity contribution >= 4 is 12.0 Å². The Kier molecular flexibility index (Phi) is 5.58. The molecule has 0 aliphatic heterocycles. The standard InChI is InChI=1S/C17H26N2O3/c1-16(2,3)19(6)14(20)17(4,5)18-15(21)22-12-13-10-8-7-9-11-13/h7-11H,12H2,1-6H3,(H,18,21). The zero-order valence-electron chi connectivity index (χ0n) is 14.3. The summed E-state index contributed by atoms with van der Waals surface area (Å²) >= 11 is 0.